The van der Waals surface area contributed by atoms with Crippen molar-refractivity contribution in [3.63, 3.8) is 0 Å². The lowest BCUT2D eigenvalue weighted by Crippen LogP contribution is -2.01. The monoisotopic (exact) mass is 296 g/mol. The van der Waals surface area contributed by atoms with Gasteiger partial charge in [-0.25, -0.2) is 4.68 Å². The second-order valence-corrected chi connectivity index (χ2v) is 5.51. The summed E-state index contributed by atoms with van der Waals surface area (Å²) >= 11 is 1.54. The van der Waals surface area contributed by atoms with E-state index in [-0.39, 0.29) is 6.61 Å². The highest BCUT2D eigenvalue weighted by Gasteiger charge is 2.15. The Balaban J connectivity index is 1.82. The van der Waals surface area contributed by atoms with Crippen molar-refractivity contribution in [3.05, 3.63) is 60.0 Å². The Hall–Kier alpha value is -2.44. The second-order valence-electron chi connectivity index (χ2n) is 4.64. The lowest BCUT2D eigenvalue weighted by atomic mass is 10.1. The Bertz CT molecular complexity index is 891. The predicted octanol–water partition coefficient (Wildman–Crippen LogP) is 2.74. The number of hydrogen-bond acceptors (Lipinski definition) is 4. The van der Waals surface area contributed by atoms with E-state index in [1.807, 2.05) is 58.7 Å². The van der Waals surface area contributed by atoms with Crippen LogP contribution >= 0.6 is 11.3 Å². The smallest absolute Gasteiger partial charge is 0.196 e. The lowest BCUT2D eigenvalue weighted by molar-refractivity contribution is 0.275. The average molecular weight is 296 g/mol. The molecule has 3 aromatic heterocycles. The van der Waals surface area contributed by atoms with Gasteiger partial charge < -0.3 is 5.11 Å². The van der Waals surface area contributed by atoms with E-state index in [1.54, 1.807) is 4.68 Å². The van der Waals surface area contributed by atoms with Crippen LogP contribution in [0.5, 0.6) is 0 Å². The van der Waals surface area contributed by atoms with Crippen LogP contribution in [0.3, 0.4) is 0 Å². The number of rotatable bonds is 3. The highest BCUT2D eigenvalue weighted by atomic mass is 32.1. The number of imidazole rings is 1. The third-order valence-corrected chi connectivity index (χ3v) is 4.15. The first kappa shape index (κ1) is 12.3. The number of fused-ring (bicyclic) bond motifs is 1. The summed E-state index contributed by atoms with van der Waals surface area (Å²) < 4.78 is 3.61. The lowest BCUT2D eigenvalue weighted by Gasteiger charge is -2.00. The summed E-state index contributed by atoms with van der Waals surface area (Å²) in [5.41, 5.74) is 2.88. The van der Waals surface area contributed by atoms with Gasteiger partial charge in [-0.3, -0.25) is 4.40 Å². The number of aliphatic hydroxyl groups excluding tert-OH is 1. The zero-order valence-corrected chi connectivity index (χ0v) is 11.9. The molecule has 0 amide bonds. The Kier molecular flexibility index (Phi) is 2.83. The molecule has 0 bridgehead atoms. The van der Waals surface area contributed by atoms with Crippen LogP contribution in [0.2, 0.25) is 0 Å². The van der Waals surface area contributed by atoms with E-state index in [1.165, 1.54) is 11.3 Å². The summed E-state index contributed by atoms with van der Waals surface area (Å²) in [6.45, 7) is -0.0756. The first-order valence-electron chi connectivity index (χ1n) is 6.52. The van der Waals surface area contributed by atoms with Gasteiger partial charge in [0, 0.05) is 23.3 Å². The van der Waals surface area contributed by atoms with Crippen LogP contribution in [0, 0.1) is 0 Å². The fourth-order valence-corrected chi connectivity index (χ4v) is 3.10. The van der Waals surface area contributed by atoms with Crippen molar-refractivity contribution in [1.82, 2.24) is 19.2 Å². The van der Waals surface area contributed by atoms with Crippen LogP contribution < -0.4 is 0 Å². The molecule has 4 rings (SSSR count). The Morgan fingerprint density at radius 3 is 2.81 bits per heavy atom. The summed E-state index contributed by atoms with van der Waals surface area (Å²) in [7, 11) is 0. The highest BCUT2D eigenvalue weighted by Crippen LogP contribution is 2.23. The summed E-state index contributed by atoms with van der Waals surface area (Å²) in [5.74, 6) is 0.673. The average Bonchev–Trinajstić information content (AvgIpc) is 3.22. The molecule has 0 saturated heterocycles. The highest BCUT2D eigenvalue weighted by molar-refractivity contribution is 7.15. The molecular weight excluding hydrogens is 284 g/mol. The molecule has 104 valence electrons. The fraction of sp³-hybridized carbons (Fsp3) is 0.0667. The molecule has 4 aromatic rings. The quantitative estimate of drug-likeness (QED) is 0.632. The fourth-order valence-electron chi connectivity index (χ4n) is 2.37. The predicted molar refractivity (Wildman–Crippen MR) is 81.5 cm³/mol. The van der Waals surface area contributed by atoms with Crippen LogP contribution in [-0.2, 0) is 6.61 Å². The molecule has 5 nitrogen and oxygen atoms in total. The Morgan fingerprint density at radius 1 is 1.14 bits per heavy atom. The SMILES string of the molecule is OCc1c(-n2cc(-c3ccccc3)cn2)nc2sccn12. The van der Waals surface area contributed by atoms with E-state index in [0.717, 1.165) is 21.8 Å². The Morgan fingerprint density at radius 2 is 2.00 bits per heavy atom. The number of aliphatic hydroxyl groups is 1. The molecule has 0 fully saturated rings. The molecule has 6 heteroatoms. The summed E-state index contributed by atoms with van der Waals surface area (Å²) in [5, 5.41) is 15.9. The van der Waals surface area contributed by atoms with Gasteiger partial charge in [0.2, 0.25) is 0 Å². The maximum absolute atomic E-state index is 9.61. The van der Waals surface area contributed by atoms with Crippen molar-refractivity contribution in [2.24, 2.45) is 0 Å². The summed E-state index contributed by atoms with van der Waals surface area (Å²) in [6.07, 6.45) is 5.65. The first-order valence-corrected chi connectivity index (χ1v) is 7.40. The standard InChI is InChI=1S/C15H12N4OS/c20-10-13-14(17-15-18(13)6-7-21-15)19-9-12(8-16-19)11-4-2-1-3-5-11/h1-9,20H,10H2. The molecule has 0 unspecified atom stereocenters. The van der Waals surface area contributed by atoms with Gasteiger partial charge in [-0.2, -0.15) is 10.1 Å². The number of aromatic nitrogens is 4. The topological polar surface area (TPSA) is 55.3 Å². The van der Waals surface area contributed by atoms with Gasteiger partial charge in [-0.1, -0.05) is 30.3 Å². The minimum atomic E-state index is -0.0756. The van der Waals surface area contributed by atoms with Gasteiger partial charge in [0.1, 0.15) is 0 Å². The van der Waals surface area contributed by atoms with Crippen LogP contribution in [-0.4, -0.2) is 24.3 Å². The minimum absolute atomic E-state index is 0.0756. The van der Waals surface area contributed by atoms with Gasteiger partial charge in [-0.15, -0.1) is 11.3 Å². The first-order chi connectivity index (χ1) is 10.4. The molecular formula is C15H12N4OS. The molecule has 0 radical (unpaired) electrons. The van der Waals surface area contributed by atoms with Crippen molar-refractivity contribution < 1.29 is 5.11 Å². The van der Waals surface area contributed by atoms with Crippen LogP contribution in [0.4, 0.5) is 0 Å². The zero-order valence-electron chi connectivity index (χ0n) is 11.0. The number of nitrogens with zero attached hydrogens (tertiary/aromatic N) is 4. The maximum Gasteiger partial charge on any atom is 0.196 e. The molecule has 0 atom stereocenters. The number of thiazole rings is 1. The molecule has 0 saturated carbocycles. The second kappa shape index (κ2) is 4.83. The number of hydrogen-bond donors (Lipinski definition) is 1. The van der Waals surface area contributed by atoms with E-state index in [2.05, 4.69) is 10.1 Å². The minimum Gasteiger partial charge on any atom is -0.390 e. The zero-order chi connectivity index (χ0) is 14.2. The molecule has 21 heavy (non-hydrogen) atoms. The van der Waals surface area contributed by atoms with Gasteiger partial charge in [0.05, 0.1) is 18.5 Å². The maximum atomic E-state index is 9.61. The molecule has 0 aliphatic heterocycles. The van der Waals surface area contributed by atoms with Crippen molar-refractivity contribution in [3.8, 4) is 16.9 Å². The van der Waals surface area contributed by atoms with E-state index < -0.39 is 0 Å². The molecule has 0 aliphatic carbocycles. The molecule has 0 spiro atoms. The largest absolute Gasteiger partial charge is 0.390 e. The van der Waals surface area contributed by atoms with E-state index in [4.69, 9.17) is 0 Å². The molecule has 3 heterocycles. The van der Waals surface area contributed by atoms with Crippen LogP contribution in [0.1, 0.15) is 5.69 Å². The van der Waals surface area contributed by atoms with Crippen LogP contribution in [0.25, 0.3) is 21.9 Å². The third-order valence-electron chi connectivity index (χ3n) is 3.40. The molecule has 0 aliphatic rings. The van der Waals surface area contributed by atoms with Crippen molar-refractivity contribution >= 4 is 16.3 Å². The van der Waals surface area contributed by atoms with E-state index >= 15 is 0 Å². The molecule has 1 N–H and O–H groups in total. The van der Waals surface area contributed by atoms with Gasteiger partial charge >= 0.3 is 0 Å². The summed E-state index contributed by atoms with van der Waals surface area (Å²) in [6, 6.07) is 10.1. The van der Waals surface area contributed by atoms with Gasteiger partial charge in [0.25, 0.3) is 0 Å². The van der Waals surface area contributed by atoms with Gasteiger partial charge in [-0.05, 0) is 5.56 Å². The van der Waals surface area contributed by atoms with E-state index in [0.29, 0.717) is 5.82 Å². The van der Waals surface area contributed by atoms with E-state index in [9.17, 15) is 5.11 Å². The Labute approximate surface area is 124 Å². The summed E-state index contributed by atoms with van der Waals surface area (Å²) in [4.78, 5) is 5.40. The van der Waals surface area contributed by atoms with Crippen molar-refractivity contribution in [1.29, 1.82) is 0 Å². The number of benzene rings is 1. The van der Waals surface area contributed by atoms with Crippen LogP contribution in [0.15, 0.2) is 54.3 Å². The van der Waals surface area contributed by atoms with Crippen molar-refractivity contribution in [2.45, 2.75) is 6.61 Å². The molecule has 1 aromatic carbocycles. The van der Waals surface area contributed by atoms with Crippen molar-refractivity contribution in [2.75, 3.05) is 0 Å². The normalized spacial score (nSPS) is 11.3. The third kappa shape index (κ3) is 1.96. The van der Waals surface area contributed by atoms with Gasteiger partial charge in [0.15, 0.2) is 10.8 Å².